The molecule has 0 amide bonds. The van der Waals surface area contributed by atoms with Gasteiger partial charge in [0.15, 0.2) is 0 Å². The molecule has 0 radical (unpaired) electrons. The van der Waals surface area contributed by atoms with Gasteiger partial charge in [0, 0.05) is 5.41 Å². The number of hydrogen-bond donors (Lipinski definition) is 1. The van der Waals surface area contributed by atoms with Gasteiger partial charge >= 0.3 is 0 Å². The molecule has 0 saturated heterocycles. The number of unbranched alkanes of at least 4 members (excludes halogenated alkanes) is 5. The molecule has 0 spiro atoms. The lowest BCUT2D eigenvalue weighted by Gasteiger charge is -1.98. The van der Waals surface area contributed by atoms with Crippen molar-refractivity contribution in [2.75, 3.05) is 5.75 Å². The van der Waals surface area contributed by atoms with Gasteiger partial charge in [0.05, 0.1) is 6.26 Å². The van der Waals surface area contributed by atoms with E-state index in [9.17, 15) is 0 Å². The SMILES string of the molecule is CCCCCCCCSC=CO. The summed E-state index contributed by atoms with van der Waals surface area (Å²) >= 11 is 1.69. The zero-order chi connectivity index (χ0) is 9.07. The van der Waals surface area contributed by atoms with E-state index in [0.29, 0.717) is 0 Å². The van der Waals surface area contributed by atoms with E-state index in [0.717, 1.165) is 12.0 Å². The molecule has 0 rings (SSSR count). The van der Waals surface area contributed by atoms with Crippen molar-refractivity contribution in [1.29, 1.82) is 0 Å². The van der Waals surface area contributed by atoms with Crippen molar-refractivity contribution < 1.29 is 5.11 Å². The second-order valence-electron chi connectivity index (χ2n) is 2.92. The van der Waals surface area contributed by atoms with Crippen molar-refractivity contribution >= 4 is 11.8 Å². The van der Waals surface area contributed by atoms with E-state index >= 15 is 0 Å². The average molecular weight is 188 g/mol. The largest absolute Gasteiger partial charge is 0.515 e. The molecule has 0 bridgehead atoms. The van der Waals surface area contributed by atoms with E-state index in [4.69, 9.17) is 5.11 Å². The van der Waals surface area contributed by atoms with Crippen LogP contribution < -0.4 is 0 Å². The van der Waals surface area contributed by atoms with Gasteiger partial charge in [0.25, 0.3) is 0 Å². The van der Waals surface area contributed by atoms with E-state index in [1.807, 2.05) is 0 Å². The highest BCUT2D eigenvalue weighted by atomic mass is 32.2. The molecule has 72 valence electrons. The summed E-state index contributed by atoms with van der Waals surface area (Å²) in [7, 11) is 0. The highest BCUT2D eigenvalue weighted by molar-refractivity contribution is 8.02. The van der Waals surface area contributed by atoms with Crippen molar-refractivity contribution in [3.05, 3.63) is 11.7 Å². The topological polar surface area (TPSA) is 20.2 Å². The van der Waals surface area contributed by atoms with E-state index in [2.05, 4.69) is 6.92 Å². The summed E-state index contributed by atoms with van der Waals surface area (Å²) in [5.74, 6) is 1.14. The number of aliphatic hydroxyl groups is 1. The molecular formula is C10H20OS. The summed E-state index contributed by atoms with van der Waals surface area (Å²) < 4.78 is 0. The van der Waals surface area contributed by atoms with E-state index < -0.39 is 0 Å². The van der Waals surface area contributed by atoms with E-state index in [1.54, 1.807) is 17.2 Å². The number of rotatable bonds is 8. The molecule has 0 aromatic heterocycles. The number of thioether (sulfide) groups is 1. The maximum Gasteiger partial charge on any atom is 0.0854 e. The Kier molecular flexibility index (Phi) is 10.8. The lowest BCUT2D eigenvalue weighted by atomic mass is 10.1. The predicted molar refractivity (Wildman–Crippen MR) is 57.6 cm³/mol. The third kappa shape index (κ3) is 9.89. The molecule has 0 aliphatic rings. The Morgan fingerprint density at radius 2 is 1.75 bits per heavy atom. The van der Waals surface area contributed by atoms with Crippen LogP contribution in [0.15, 0.2) is 11.7 Å². The maximum atomic E-state index is 8.34. The molecule has 1 nitrogen and oxygen atoms in total. The summed E-state index contributed by atoms with van der Waals surface area (Å²) in [5.41, 5.74) is 0. The molecule has 0 aliphatic heterocycles. The number of hydrogen-bond acceptors (Lipinski definition) is 2. The first-order valence-corrected chi connectivity index (χ1v) is 5.87. The monoisotopic (exact) mass is 188 g/mol. The zero-order valence-corrected chi connectivity index (χ0v) is 8.78. The average Bonchev–Trinajstić information content (AvgIpc) is 2.10. The summed E-state index contributed by atoms with van der Waals surface area (Å²) in [5, 5.41) is 10.1. The summed E-state index contributed by atoms with van der Waals surface area (Å²) in [6.07, 6.45) is 9.19. The van der Waals surface area contributed by atoms with Gasteiger partial charge in [0.1, 0.15) is 0 Å². The molecule has 12 heavy (non-hydrogen) atoms. The summed E-state index contributed by atoms with van der Waals surface area (Å²) in [6.45, 7) is 2.24. The third-order valence-electron chi connectivity index (χ3n) is 1.77. The third-order valence-corrected chi connectivity index (χ3v) is 2.61. The fourth-order valence-corrected chi connectivity index (χ4v) is 1.67. The minimum absolute atomic E-state index is 1.11. The zero-order valence-electron chi connectivity index (χ0n) is 7.96. The maximum absolute atomic E-state index is 8.34. The Balaban J connectivity index is 2.81. The lowest BCUT2D eigenvalue weighted by Crippen LogP contribution is -1.80. The predicted octanol–water partition coefficient (Wildman–Crippen LogP) is 4.11. The van der Waals surface area contributed by atoms with Gasteiger partial charge in [-0.15, -0.1) is 11.8 Å². The van der Waals surface area contributed by atoms with Gasteiger partial charge in [0.2, 0.25) is 0 Å². The first-order valence-electron chi connectivity index (χ1n) is 4.82. The van der Waals surface area contributed by atoms with E-state index in [-0.39, 0.29) is 0 Å². The Bertz CT molecular complexity index is 102. The van der Waals surface area contributed by atoms with Crippen LogP contribution in [0.1, 0.15) is 45.4 Å². The highest BCUT2D eigenvalue weighted by Gasteiger charge is 1.88. The van der Waals surface area contributed by atoms with Crippen molar-refractivity contribution in [2.24, 2.45) is 0 Å². The lowest BCUT2D eigenvalue weighted by molar-refractivity contribution is 0.475. The Morgan fingerprint density at radius 1 is 1.08 bits per heavy atom. The van der Waals surface area contributed by atoms with Crippen molar-refractivity contribution in [3.63, 3.8) is 0 Å². The van der Waals surface area contributed by atoms with Crippen LogP contribution in [0, 0.1) is 0 Å². The standard InChI is InChI=1S/C10H20OS/c1-2-3-4-5-6-7-9-12-10-8-11/h8,10-11H,2-7,9H2,1H3. The quantitative estimate of drug-likeness (QED) is 0.457. The minimum atomic E-state index is 1.11. The van der Waals surface area contributed by atoms with Crippen molar-refractivity contribution in [2.45, 2.75) is 45.4 Å². The smallest absolute Gasteiger partial charge is 0.0854 e. The van der Waals surface area contributed by atoms with Gasteiger partial charge in [-0.2, -0.15) is 0 Å². The Labute approximate surface area is 80.3 Å². The second kappa shape index (κ2) is 10.9. The van der Waals surface area contributed by atoms with Crippen LogP contribution in [0.4, 0.5) is 0 Å². The van der Waals surface area contributed by atoms with Crippen LogP contribution >= 0.6 is 11.8 Å². The molecule has 0 atom stereocenters. The molecule has 0 unspecified atom stereocenters. The first-order chi connectivity index (χ1) is 5.91. The molecular weight excluding hydrogens is 168 g/mol. The van der Waals surface area contributed by atoms with Gasteiger partial charge in [-0.05, 0) is 12.2 Å². The first kappa shape index (κ1) is 11.9. The highest BCUT2D eigenvalue weighted by Crippen LogP contribution is 2.09. The van der Waals surface area contributed by atoms with Crippen LogP contribution in [-0.2, 0) is 0 Å². The van der Waals surface area contributed by atoms with Crippen LogP contribution in [0.3, 0.4) is 0 Å². The Morgan fingerprint density at radius 3 is 2.42 bits per heavy atom. The van der Waals surface area contributed by atoms with Gasteiger partial charge in [-0.1, -0.05) is 39.0 Å². The fourth-order valence-electron chi connectivity index (χ4n) is 1.08. The Hall–Kier alpha value is -0.110. The molecule has 1 N–H and O–H groups in total. The van der Waals surface area contributed by atoms with E-state index in [1.165, 1.54) is 38.5 Å². The molecule has 0 fully saturated rings. The normalized spacial score (nSPS) is 11.1. The molecule has 0 aromatic carbocycles. The summed E-state index contributed by atoms with van der Waals surface area (Å²) in [4.78, 5) is 0. The van der Waals surface area contributed by atoms with Crippen LogP contribution in [0.2, 0.25) is 0 Å². The molecule has 2 heteroatoms. The number of aliphatic hydroxyl groups excluding tert-OH is 1. The van der Waals surface area contributed by atoms with Crippen LogP contribution in [0.5, 0.6) is 0 Å². The molecule has 0 saturated carbocycles. The van der Waals surface area contributed by atoms with Gasteiger partial charge in [-0.3, -0.25) is 0 Å². The van der Waals surface area contributed by atoms with Crippen molar-refractivity contribution in [3.8, 4) is 0 Å². The molecule has 0 aromatic rings. The second-order valence-corrected chi connectivity index (χ2v) is 3.94. The van der Waals surface area contributed by atoms with Gasteiger partial charge < -0.3 is 5.11 Å². The minimum Gasteiger partial charge on any atom is -0.515 e. The fraction of sp³-hybridized carbons (Fsp3) is 0.800. The van der Waals surface area contributed by atoms with Crippen molar-refractivity contribution in [1.82, 2.24) is 0 Å². The molecule has 0 aliphatic carbocycles. The van der Waals surface area contributed by atoms with Crippen LogP contribution in [-0.4, -0.2) is 10.9 Å². The molecule has 0 heterocycles. The van der Waals surface area contributed by atoms with Crippen LogP contribution in [0.25, 0.3) is 0 Å². The van der Waals surface area contributed by atoms with Gasteiger partial charge in [-0.25, -0.2) is 0 Å². The summed E-state index contributed by atoms with van der Waals surface area (Å²) in [6, 6.07) is 0.